The first-order chi connectivity index (χ1) is 7.38. The number of fused-ring (bicyclic) bond motifs is 2. The zero-order valence-corrected chi connectivity index (χ0v) is 12.4. The molecule has 2 bridgehead atoms. The van der Waals surface area contributed by atoms with Crippen molar-refractivity contribution in [2.45, 2.75) is 61.1 Å². The third-order valence-electron chi connectivity index (χ3n) is 4.01. The average Bonchev–Trinajstić information content (AvgIpc) is 2.41. The Morgan fingerprint density at radius 2 is 1.81 bits per heavy atom. The van der Waals surface area contributed by atoms with Crippen molar-refractivity contribution in [3.05, 3.63) is 0 Å². The molecular weight excluding hydrogens is 317 g/mol. The van der Waals surface area contributed by atoms with E-state index < -0.39 is 3.42 Å². The molecule has 0 aromatic heterocycles. The van der Waals surface area contributed by atoms with Gasteiger partial charge in [0.2, 0.25) is 0 Å². The van der Waals surface area contributed by atoms with Gasteiger partial charge in [0.25, 0.3) is 0 Å². The van der Waals surface area contributed by atoms with Crippen molar-refractivity contribution < 1.29 is 14.4 Å². The predicted octanol–water partition coefficient (Wildman–Crippen LogP) is 0.951. The van der Waals surface area contributed by atoms with Crippen LogP contribution in [0.15, 0.2) is 0 Å². The molecule has 0 aromatic carbocycles. The fraction of sp³-hybridized carbons (Fsp3) is 0.917. The first-order valence-electron chi connectivity index (χ1n) is 6.11. The molecule has 2 saturated heterocycles. The molecule has 0 aliphatic carbocycles. The van der Waals surface area contributed by atoms with Gasteiger partial charge >= 0.3 is 5.97 Å². The second kappa shape index (κ2) is 4.44. The zero-order chi connectivity index (χ0) is 11.9. The Morgan fingerprint density at radius 1 is 1.31 bits per heavy atom. The van der Waals surface area contributed by atoms with Gasteiger partial charge in [-0.1, -0.05) is 22.6 Å². The molecule has 0 aromatic rings. The van der Waals surface area contributed by atoms with Gasteiger partial charge in [-0.15, -0.1) is 0 Å². The molecule has 16 heavy (non-hydrogen) atoms. The highest BCUT2D eigenvalue weighted by Crippen LogP contribution is 2.27. The van der Waals surface area contributed by atoms with Gasteiger partial charge in [-0.25, -0.2) is 0 Å². The van der Waals surface area contributed by atoms with E-state index in [1.807, 2.05) is 13.8 Å². The molecule has 92 valence electrons. The summed E-state index contributed by atoms with van der Waals surface area (Å²) in [7, 11) is 2.28. The summed E-state index contributed by atoms with van der Waals surface area (Å²) in [5, 5.41) is 0. The Bertz CT molecular complexity index is 273. The summed E-state index contributed by atoms with van der Waals surface area (Å²) in [6.45, 7) is 3.81. The second-order valence-corrected chi connectivity index (χ2v) is 8.38. The Hall–Kier alpha value is 0.160. The number of rotatable bonds is 2. The third-order valence-corrected chi connectivity index (χ3v) is 4.45. The Morgan fingerprint density at radius 3 is 2.25 bits per heavy atom. The molecule has 0 amide bonds. The van der Waals surface area contributed by atoms with Gasteiger partial charge < -0.3 is 9.64 Å². The number of ether oxygens (including phenoxy) is 1. The summed E-state index contributed by atoms with van der Waals surface area (Å²) in [4.78, 5) is 13.5. The average molecular weight is 338 g/mol. The molecular formula is C12H21INO2+. The van der Waals surface area contributed by atoms with Crippen molar-refractivity contribution in [3.63, 3.8) is 0 Å². The molecule has 2 fully saturated rings. The minimum Gasteiger partial charge on any atom is -0.461 e. The lowest BCUT2D eigenvalue weighted by molar-refractivity contribution is -0.923. The van der Waals surface area contributed by atoms with Gasteiger partial charge in [0, 0.05) is 25.7 Å². The van der Waals surface area contributed by atoms with Gasteiger partial charge in [-0.3, -0.25) is 4.79 Å². The van der Waals surface area contributed by atoms with Crippen molar-refractivity contribution in [3.8, 4) is 0 Å². The molecule has 3 nitrogen and oxygen atoms in total. The highest BCUT2D eigenvalue weighted by Gasteiger charge is 2.44. The number of halogens is 1. The summed E-state index contributed by atoms with van der Waals surface area (Å²) >= 11 is 2.15. The largest absolute Gasteiger partial charge is 0.461 e. The van der Waals surface area contributed by atoms with Gasteiger partial charge in [0.15, 0.2) is 0 Å². The highest BCUT2D eigenvalue weighted by atomic mass is 127. The van der Waals surface area contributed by atoms with E-state index in [1.54, 1.807) is 4.90 Å². The van der Waals surface area contributed by atoms with Gasteiger partial charge in [-0.05, 0) is 13.8 Å². The molecule has 4 heteroatoms. The molecule has 2 atom stereocenters. The number of esters is 1. The van der Waals surface area contributed by atoms with Crippen LogP contribution in [-0.2, 0) is 9.53 Å². The summed E-state index contributed by atoms with van der Waals surface area (Å²) in [6, 6.07) is 1.43. The topological polar surface area (TPSA) is 30.7 Å². The Labute approximate surface area is 111 Å². The molecule has 0 spiro atoms. The SMILES string of the molecule is C[NH+]1C2CCC1CC(OC(=O)C(C)(C)I)C2. The maximum atomic E-state index is 11.8. The van der Waals surface area contributed by atoms with Gasteiger partial charge in [-0.2, -0.15) is 0 Å². The standard InChI is InChI=1S/C12H20INO2/c1-12(2,13)11(15)16-10-6-8-4-5-9(7-10)14(8)3/h8-10H,4-7H2,1-3H3/p+1. The molecule has 2 aliphatic heterocycles. The zero-order valence-electron chi connectivity index (χ0n) is 10.3. The number of hydrogen-bond donors (Lipinski definition) is 1. The minimum atomic E-state index is -0.396. The number of piperidine rings is 1. The highest BCUT2D eigenvalue weighted by molar-refractivity contribution is 14.1. The smallest absolute Gasteiger partial charge is 0.321 e. The van der Waals surface area contributed by atoms with E-state index in [0.717, 1.165) is 12.8 Å². The monoisotopic (exact) mass is 338 g/mol. The van der Waals surface area contributed by atoms with Crippen molar-refractivity contribution in [1.82, 2.24) is 0 Å². The van der Waals surface area contributed by atoms with Crippen LogP contribution in [0, 0.1) is 0 Å². The molecule has 2 heterocycles. The quantitative estimate of drug-likeness (QED) is 0.462. The fourth-order valence-electron chi connectivity index (χ4n) is 2.92. The van der Waals surface area contributed by atoms with Crippen molar-refractivity contribution >= 4 is 28.6 Å². The maximum Gasteiger partial charge on any atom is 0.321 e. The summed E-state index contributed by atoms with van der Waals surface area (Å²) < 4.78 is 5.23. The maximum absolute atomic E-state index is 11.8. The van der Waals surface area contributed by atoms with Gasteiger partial charge in [0.05, 0.1) is 19.1 Å². The van der Waals surface area contributed by atoms with E-state index in [1.165, 1.54) is 12.8 Å². The predicted molar refractivity (Wildman–Crippen MR) is 70.9 cm³/mol. The molecule has 2 unspecified atom stereocenters. The van der Waals surface area contributed by atoms with Crippen molar-refractivity contribution in [2.75, 3.05) is 7.05 Å². The first kappa shape index (κ1) is 12.6. The lowest BCUT2D eigenvalue weighted by Gasteiger charge is -2.34. The van der Waals surface area contributed by atoms with E-state index in [0.29, 0.717) is 12.1 Å². The third kappa shape index (κ3) is 2.53. The Balaban J connectivity index is 1.92. The van der Waals surface area contributed by atoms with Crippen LogP contribution in [0.3, 0.4) is 0 Å². The van der Waals surface area contributed by atoms with E-state index >= 15 is 0 Å². The van der Waals surface area contributed by atoms with E-state index in [-0.39, 0.29) is 12.1 Å². The molecule has 2 rings (SSSR count). The lowest BCUT2D eigenvalue weighted by Crippen LogP contribution is -3.15. The van der Waals surface area contributed by atoms with Crippen LogP contribution in [0.5, 0.6) is 0 Å². The molecule has 1 N–H and O–H groups in total. The molecule has 2 aliphatic rings. The summed E-state index contributed by atoms with van der Waals surface area (Å²) in [5.74, 6) is -0.0583. The lowest BCUT2D eigenvalue weighted by atomic mass is 10.0. The summed E-state index contributed by atoms with van der Waals surface area (Å²) in [6.07, 6.45) is 4.89. The van der Waals surface area contributed by atoms with Crippen LogP contribution >= 0.6 is 22.6 Å². The van der Waals surface area contributed by atoms with Crippen molar-refractivity contribution in [1.29, 1.82) is 0 Å². The van der Waals surface area contributed by atoms with Gasteiger partial charge in [0.1, 0.15) is 9.53 Å². The first-order valence-corrected chi connectivity index (χ1v) is 7.19. The minimum absolute atomic E-state index is 0.0583. The number of nitrogens with one attached hydrogen (secondary N) is 1. The number of quaternary nitrogens is 1. The number of hydrogen-bond acceptors (Lipinski definition) is 2. The van der Waals surface area contributed by atoms with Crippen LogP contribution in [0.25, 0.3) is 0 Å². The molecule has 0 radical (unpaired) electrons. The van der Waals surface area contributed by atoms with Crippen LogP contribution in [0.2, 0.25) is 0 Å². The van der Waals surface area contributed by atoms with Crippen LogP contribution in [0.4, 0.5) is 0 Å². The van der Waals surface area contributed by atoms with Crippen LogP contribution in [0.1, 0.15) is 39.5 Å². The number of carbonyl (C=O) groups excluding carboxylic acids is 1. The van der Waals surface area contributed by atoms with Crippen molar-refractivity contribution in [2.24, 2.45) is 0 Å². The van der Waals surface area contributed by atoms with E-state index in [4.69, 9.17) is 4.74 Å². The number of carbonyl (C=O) groups is 1. The summed E-state index contributed by atoms with van der Waals surface area (Å²) in [5.41, 5.74) is 0. The van der Waals surface area contributed by atoms with Crippen LogP contribution < -0.4 is 4.90 Å². The van der Waals surface area contributed by atoms with E-state index in [9.17, 15) is 4.79 Å². The number of alkyl halides is 1. The van der Waals surface area contributed by atoms with E-state index in [2.05, 4.69) is 29.6 Å². The Kier molecular flexibility index (Phi) is 3.50. The second-order valence-electron chi connectivity index (χ2n) is 5.69. The normalized spacial score (nSPS) is 38.5. The van der Waals surface area contributed by atoms with Crippen LogP contribution in [-0.4, -0.2) is 34.6 Å². The molecule has 0 saturated carbocycles. The fourth-order valence-corrected chi connectivity index (χ4v) is 3.04.